The zero-order chi connectivity index (χ0) is 28.9. The topological polar surface area (TPSA) is 21.3 Å². The first-order valence-corrected chi connectivity index (χ1v) is 18.1. The van der Waals surface area contributed by atoms with E-state index in [-0.39, 0.29) is 0 Å². The third-order valence-electron chi connectivity index (χ3n) is 7.78. The molecule has 0 atom stereocenters. The highest BCUT2D eigenvalue weighted by molar-refractivity contribution is 4.92. The van der Waals surface area contributed by atoms with Gasteiger partial charge in [-0.15, -0.1) is 0 Å². The number of allylic oxidation sites excluding steroid dienone is 6. The zero-order valence-electron chi connectivity index (χ0n) is 27.6. The van der Waals surface area contributed by atoms with E-state index in [0.717, 1.165) is 32.7 Å². The highest BCUT2D eigenvalue weighted by Crippen LogP contribution is 2.10. The molecule has 2 nitrogen and oxygen atoms in total. The van der Waals surface area contributed by atoms with E-state index >= 15 is 0 Å². The van der Waals surface area contributed by atoms with Crippen molar-refractivity contribution in [2.24, 2.45) is 0 Å². The first-order valence-electron chi connectivity index (χ1n) is 18.1. The van der Waals surface area contributed by atoms with E-state index < -0.39 is 0 Å². The smallest absolute Gasteiger partial charge is 0.0590 e. The molecular weight excluding hydrogens is 486 g/mol. The van der Waals surface area contributed by atoms with E-state index in [1.807, 2.05) is 0 Å². The van der Waals surface area contributed by atoms with Gasteiger partial charge in [-0.05, 0) is 77.2 Å². The molecule has 0 aromatic carbocycles. The number of hydrogen-bond donors (Lipinski definition) is 1. The van der Waals surface area contributed by atoms with Crippen LogP contribution in [0, 0.1) is 0 Å². The van der Waals surface area contributed by atoms with Crippen molar-refractivity contribution in [1.29, 1.82) is 0 Å². The van der Waals surface area contributed by atoms with Gasteiger partial charge in [0.1, 0.15) is 0 Å². The molecule has 0 aromatic rings. The maximum absolute atomic E-state index is 5.81. The Hall–Kier alpha value is -0.860. The van der Waals surface area contributed by atoms with Gasteiger partial charge in [-0.1, -0.05) is 147 Å². The average molecular weight is 560 g/mol. The summed E-state index contributed by atoms with van der Waals surface area (Å²) in [5, 5.41) is 3.55. The lowest BCUT2D eigenvalue weighted by Gasteiger charge is -2.06. The van der Waals surface area contributed by atoms with Gasteiger partial charge in [-0.25, -0.2) is 0 Å². The van der Waals surface area contributed by atoms with Crippen LogP contribution in [-0.4, -0.2) is 26.3 Å². The molecule has 1 N–H and O–H groups in total. The Labute approximate surface area is 253 Å². The molecule has 0 saturated heterocycles. The van der Waals surface area contributed by atoms with Gasteiger partial charge in [0.25, 0.3) is 0 Å². The van der Waals surface area contributed by atoms with Crippen LogP contribution in [0.4, 0.5) is 0 Å². The second kappa shape index (κ2) is 38.1. The molecule has 0 aromatic heterocycles. The summed E-state index contributed by atoms with van der Waals surface area (Å²) in [6.45, 7) is 8.51. The van der Waals surface area contributed by atoms with Crippen LogP contribution in [0.1, 0.15) is 181 Å². The normalized spacial score (nSPS) is 12.2. The summed E-state index contributed by atoms with van der Waals surface area (Å²) in [5.41, 5.74) is 0. The molecule has 0 bridgehead atoms. The van der Waals surface area contributed by atoms with Crippen LogP contribution in [0.3, 0.4) is 0 Å². The molecular formula is C38H73NO. The van der Waals surface area contributed by atoms with Crippen molar-refractivity contribution in [1.82, 2.24) is 5.32 Å². The van der Waals surface area contributed by atoms with Gasteiger partial charge in [0.05, 0.1) is 6.61 Å². The minimum Gasteiger partial charge on any atom is -0.380 e. The molecule has 0 aliphatic rings. The van der Waals surface area contributed by atoms with E-state index in [1.165, 1.54) is 161 Å². The molecule has 0 aliphatic carbocycles. The molecule has 40 heavy (non-hydrogen) atoms. The first-order chi connectivity index (χ1) is 19.9. The minimum absolute atomic E-state index is 0.868. The Balaban J connectivity index is 3.12. The Morgan fingerprint density at radius 1 is 0.375 bits per heavy atom. The van der Waals surface area contributed by atoms with Crippen molar-refractivity contribution >= 4 is 0 Å². The van der Waals surface area contributed by atoms with Crippen LogP contribution in [0.5, 0.6) is 0 Å². The van der Waals surface area contributed by atoms with Gasteiger partial charge in [-0.3, -0.25) is 0 Å². The molecule has 0 saturated carbocycles. The summed E-state index contributed by atoms with van der Waals surface area (Å²) >= 11 is 0. The van der Waals surface area contributed by atoms with Crippen LogP contribution < -0.4 is 5.32 Å². The fourth-order valence-corrected chi connectivity index (χ4v) is 5.06. The fourth-order valence-electron chi connectivity index (χ4n) is 5.06. The number of hydrogen-bond acceptors (Lipinski definition) is 2. The highest BCUT2D eigenvalue weighted by Gasteiger charge is 1.94. The first kappa shape index (κ1) is 39.1. The lowest BCUT2D eigenvalue weighted by Crippen LogP contribution is -2.21. The third kappa shape index (κ3) is 37.1. The molecule has 0 rings (SSSR count). The molecule has 0 aliphatic heterocycles. The summed E-state index contributed by atoms with van der Waals surface area (Å²) in [6, 6.07) is 0. The Kier molecular flexibility index (Phi) is 37.3. The predicted octanol–water partition coefficient (Wildman–Crippen LogP) is 12.4. The van der Waals surface area contributed by atoms with Gasteiger partial charge in [-0.2, -0.15) is 0 Å². The summed E-state index contributed by atoms with van der Waals surface area (Å²) in [4.78, 5) is 0. The Morgan fingerprint density at radius 2 is 0.775 bits per heavy atom. The van der Waals surface area contributed by atoms with Crippen molar-refractivity contribution in [3.63, 3.8) is 0 Å². The van der Waals surface area contributed by atoms with Gasteiger partial charge >= 0.3 is 0 Å². The maximum Gasteiger partial charge on any atom is 0.0590 e. The fraction of sp³-hybridized carbons (Fsp3) is 0.842. The quantitative estimate of drug-likeness (QED) is 0.0625. The van der Waals surface area contributed by atoms with Crippen molar-refractivity contribution in [3.8, 4) is 0 Å². The number of unbranched alkanes of at least 4 members (excludes halogenated alkanes) is 21. The van der Waals surface area contributed by atoms with Gasteiger partial charge in [0, 0.05) is 13.2 Å². The summed E-state index contributed by atoms with van der Waals surface area (Å²) < 4.78 is 5.81. The van der Waals surface area contributed by atoms with Crippen LogP contribution in [0.15, 0.2) is 36.5 Å². The molecule has 0 amide bonds. The standard InChI is InChI=1S/C38H73NO/c1-3-5-7-9-11-13-15-17-19-21-23-25-27-29-31-33-35-39-36-38-40-37-34-32-30-28-26-24-22-20-18-16-14-12-10-8-6-4-2/h11,13,17-20,39H,3-10,12,14-16,21-38H2,1-2H3/b13-11-,19-17-,20-18-. The molecule has 0 unspecified atom stereocenters. The minimum atomic E-state index is 0.868. The van der Waals surface area contributed by atoms with Crippen LogP contribution in [0.25, 0.3) is 0 Å². The second-order valence-electron chi connectivity index (χ2n) is 11.9. The summed E-state index contributed by atoms with van der Waals surface area (Å²) in [5.74, 6) is 0. The number of ether oxygens (including phenoxy) is 1. The number of nitrogens with one attached hydrogen (secondary N) is 1. The van der Waals surface area contributed by atoms with Gasteiger partial charge < -0.3 is 10.1 Å². The van der Waals surface area contributed by atoms with Crippen molar-refractivity contribution in [2.75, 3.05) is 26.3 Å². The SMILES string of the molecule is CCCCC/C=C\C/C=C\CCCCCCCCNCCOCCCCCCCC/C=C\CCCCCCCC. The second-order valence-corrected chi connectivity index (χ2v) is 11.9. The largest absolute Gasteiger partial charge is 0.380 e. The van der Waals surface area contributed by atoms with E-state index in [1.54, 1.807) is 0 Å². The molecule has 2 heteroatoms. The van der Waals surface area contributed by atoms with Crippen LogP contribution >= 0.6 is 0 Å². The van der Waals surface area contributed by atoms with Crippen molar-refractivity contribution in [3.05, 3.63) is 36.5 Å². The lowest BCUT2D eigenvalue weighted by atomic mass is 10.1. The van der Waals surface area contributed by atoms with Crippen molar-refractivity contribution < 1.29 is 4.74 Å². The zero-order valence-corrected chi connectivity index (χ0v) is 27.6. The molecule has 0 heterocycles. The number of rotatable bonds is 34. The van der Waals surface area contributed by atoms with E-state index in [9.17, 15) is 0 Å². The van der Waals surface area contributed by atoms with Crippen molar-refractivity contribution in [2.45, 2.75) is 181 Å². The Morgan fingerprint density at radius 3 is 1.32 bits per heavy atom. The summed E-state index contributed by atoms with van der Waals surface area (Å²) in [6.07, 6.45) is 49.1. The maximum atomic E-state index is 5.81. The predicted molar refractivity (Wildman–Crippen MR) is 182 cm³/mol. The van der Waals surface area contributed by atoms with Crippen LogP contribution in [-0.2, 0) is 4.74 Å². The Bertz CT molecular complexity index is 524. The average Bonchev–Trinajstić information content (AvgIpc) is 2.97. The monoisotopic (exact) mass is 560 g/mol. The van der Waals surface area contributed by atoms with Crippen LogP contribution in [0.2, 0.25) is 0 Å². The van der Waals surface area contributed by atoms with E-state index in [0.29, 0.717) is 0 Å². The molecule has 0 fully saturated rings. The third-order valence-corrected chi connectivity index (χ3v) is 7.78. The van der Waals surface area contributed by atoms with Gasteiger partial charge in [0.2, 0.25) is 0 Å². The summed E-state index contributed by atoms with van der Waals surface area (Å²) in [7, 11) is 0. The lowest BCUT2D eigenvalue weighted by molar-refractivity contribution is 0.131. The highest BCUT2D eigenvalue weighted by atomic mass is 16.5. The van der Waals surface area contributed by atoms with E-state index in [4.69, 9.17) is 4.74 Å². The molecule has 236 valence electrons. The molecule has 0 spiro atoms. The van der Waals surface area contributed by atoms with E-state index in [2.05, 4.69) is 55.6 Å². The van der Waals surface area contributed by atoms with Gasteiger partial charge in [0.15, 0.2) is 0 Å². The molecule has 0 radical (unpaired) electrons.